The van der Waals surface area contributed by atoms with E-state index in [9.17, 15) is 9.59 Å². The first-order chi connectivity index (χ1) is 8.08. The molecule has 0 aromatic heterocycles. The summed E-state index contributed by atoms with van der Waals surface area (Å²) in [4.78, 5) is 24.5. The fourth-order valence-electron chi connectivity index (χ4n) is 2.41. The summed E-state index contributed by atoms with van der Waals surface area (Å²) >= 11 is 0. The zero-order valence-electron chi connectivity index (χ0n) is 9.67. The standard InChI is InChI=1S/C11H18N2O4/c12-7-2-1-5-13(6-7)10(14)8-3-4-9(17-8)11(15)16/h7-9H,1-6,12H2,(H,15,16)/t7?,8-,9+/m0/s1. The zero-order chi connectivity index (χ0) is 12.4. The van der Waals surface area contributed by atoms with E-state index >= 15 is 0 Å². The molecule has 0 aromatic carbocycles. The van der Waals surface area contributed by atoms with Crippen LogP contribution in [0.5, 0.6) is 0 Å². The van der Waals surface area contributed by atoms with Crippen LogP contribution >= 0.6 is 0 Å². The summed E-state index contributed by atoms with van der Waals surface area (Å²) in [5, 5.41) is 8.80. The molecule has 2 fully saturated rings. The van der Waals surface area contributed by atoms with Crippen molar-refractivity contribution in [3.63, 3.8) is 0 Å². The van der Waals surface area contributed by atoms with Crippen molar-refractivity contribution in [1.82, 2.24) is 4.90 Å². The number of nitrogens with zero attached hydrogens (tertiary/aromatic N) is 1. The number of ether oxygens (including phenoxy) is 1. The van der Waals surface area contributed by atoms with Gasteiger partial charge in [0.15, 0.2) is 6.10 Å². The first kappa shape index (κ1) is 12.3. The van der Waals surface area contributed by atoms with Gasteiger partial charge in [0.25, 0.3) is 5.91 Å². The zero-order valence-corrected chi connectivity index (χ0v) is 9.67. The van der Waals surface area contributed by atoms with Crippen molar-refractivity contribution in [2.45, 2.75) is 43.9 Å². The monoisotopic (exact) mass is 242 g/mol. The van der Waals surface area contributed by atoms with Gasteiger partial charge in [0.1, 0.15) is 6.10 Å². The van der Waals surface area contributed by atoms with Gasteiger partial charge in [0, 0.05) is 19.1 Å². The Hall–Kier alpha value is -1.14. The van der Waals surface area contributed by atoms with Crippen LogP contribution in [0.3, 0.4) is 0 Å². The molecule has 6 nitrogen and oxygen atoms in total. The normalized spacial score (nSPS) is 33.7. The van der Waals surface area contributed by atoms with Gasteiger partial charge in [-0.25, -0.2) is 4.79 Å². The number of carboxylic acids is 1. The van der Waals surface area contributed by atoms with Gasteiger partial charge in [0.05, 0.1) is 0 Å². The number of rotatable bonds is 2. The summed E-state index contributed by atoms with van der Waals surface area (Å²) in [5.74, 6) is -1.10. The molecule has 0 aromatic rings. The van der Waals surface area contributed by atoms with E-state index in [1.165, 1.54) is 0 Å². The van der Waals surface area contributed by atoms with Crippen LogP contribution in [0.15, 0.2) is 0 Å². The van der Waals surface area contributed by atoms with E-state index in [-0.39, 0.29) is 11.9 Å². The number of nitrogens with two attached hydrogens (primary N) is 1. The largest absolute Gasteiger partial charge is 0.479 e. The minimum absolute atomic E-state index is 0.0318. The number of hydrogen-bond donors (Lipinski definition) is 2. The van der Waals surface area contributed by atoms with Crippen LogP contribution in [-0.2, 0) is 14.3 Å². The van der Waals surface area contributed by atoms with Crippen molar-refractivity contribution in [1.29, 1.82) is 0 Å². The fourth-order valence-corrected chi connectivity index (χ4v) is 2.41. The fraction of sp³-hybridized carbons (Fsp3) is 0.818. The Balaban J connectivity index is 1.90. The van der Waals surface area contributed by atoms with E-state index in [4.69, 9.17) is 15.6 Å². The maximum Gasteiger partial charge on any atom is 0.332 e. The maximum absolute atomic E-state index is 12.1. The van der Waals surface area contributed by atoms with Crippen molar-refractivity contribution in [3.8, 4) is 0 Å². The molecule has 1 amide bonds. The third-order valence-electron chi connectivity index (χ3n) is 3.34. The Kier molecular flexibility index (Phi) is 3.63. The lowest BCUT2D eigenvalue weighted by Crippen LogP contribution is -2.49. The highest BCUT2D eigenvalue weighted by atomic mass is 16.5. The lowest BCUT2D eigenvalue weighted by molar-refractivity contribution is -0.155. The molecular weight excluding hydrogens is 224 g/mol. The van der Waals surface area contributed by atoms with Crippen LogP contribution in [0.1, 0.15) is 25.7 Å². The van der Waals surface area contributed by atoms with E-state index in [0.717, 1.165) is 12.8 Å². The Morgan fingerprint density at radius 2 is 1.94 bits per heavy atom. The lowest BCUT2D eigenvalue weighted by Gasteiger charge is -2.32. The Morgan fingerprint density at radius 1 is 1.24 bits per heavy atom. The topological polar surface area (TPSA) is 92.9 Å². The summed E-state index contributed by atoms with van der Waals surface area (Å²) < 4.78 is 5.24. The molecule has 2 aliphatic rings. The predicted molar refractivity (Wildman–Crippen MR) is 59.3 cm³/mol. The van der Waals surface area contributed by atoms with Gasteiger partial charge in [-0.1, -0.05) is 0 Å². The smallest absolute Gasteiger partial charge is 0.332 e. The Labute approximate surface area is 99.7 Å². The Bertz CT molecular complexity index is 321. The summed E-state index contributed by atoms with van der Waals surface area (Å²) in [7, 11) is 0. The molecule has 2 saturated heterocycles. The molecule has 3 atom stereocenters. The quantitative estimate of drug-likeness (QED) is 0.685. The number of carboxylic acid groups (broad SMARTS) is 1. The number of likely N-dealkylation sites (tertiary alicyclic amines) is 1. The number of piperidine rings is 1. The molecule has 2 heterocycles. The van der Waals surface area contributed by atoms with Crippen LogP contribution in [0, 0.1) is 0 Å². The minimum Gasteiger partial charge on any atom is -0.479 e. The molecular formula is C11H18N2O4. The predicted octanol–water partition coefficient (Wildman–Crippen LogP) is -0.432. The van der Waals surface area contributed by atoms with Crippen LogP contribution in [0.4, 0.5) is 0 Å². The molecule has 1 unspecified atom stereocenters. The molecule has 96 valence electrons. The van der Waals surface area contributed by atoms with Gasteiger partial charge in [-0.2, -0.15) is 0 Å². The van der Waals surface area contributed by atoms with Gasteiger partial charge < -0.3 is 20.5 Å². The maximum atomic E-state index is 12.1. The first-order valence-corrected chi connectivity index (χ1v) is 6.00. The molecule has 2 aliphatic heterocycles. The van der Waals surface area contributed by atoms with E-state index < -0.39 is 18.2 Å². The van der Waals surface area contributed by atoms with E-state index in [0.29, 0.717) is 25.9 Å². The molecule has 0 aliphatic carbocycles. The summed E-state index contributed by atoms with van der Waals surface area (Å²) in [5.41, 5.74) is 5.81. The average Bonchev–Trinajstić information content (AvgIpc) is 2.77. The van der Waals surface area contributed by atoms with Crippen molar-refractivity contribution < 1.29 is 19.4 Å². The number of hydrogen-bond acceptors (Lipinski definition) is 4. The van der Waals surface area contributed by atoms with Crippen molar-refractivity contribution in [3.05, 3.63) is 0 Å². The lowest BCUT2D eigenvalue weighted by atomic mass is 10.1. The molecule has 0 bridgehead atoms. The molecule has 0 radical (unpaired) electrons. The van der Waals surface area contributed by atoms with E-state index in [2.05, 4.69) is 0 Å². The van der Waals surface area contributed by atoms with Crippen LogP contribution in [-0.4, -0.2) is 53.2 Å². The number of carbonyl (C=O) groups excluding carboxylic acids is 1. The SMILES string of the molecule is NC1CCCN(C(=O)[C@@H]2CC[C@H](C(=O)O)O2)C1. The first-order valence-electron chi connectivity index (χ1n) is 6.00. The van der Waals surface area contributed by atoms with Gasteiger partial charge in [-0.15, -0.1) is 0 Å². The third-order valence-corrected chi connectivity index (χ3v) is 3.34. The van der Waals surface area contributed by atoms with E-state index in [1.807, 2.05) is 0 Å². The number of carbonyl (C=O) groups is 2. The molecule has 6 heteroatoms. The minimum atomic E-state index is -0.990. The van der Waals surface area contributed by atoms with E-state index in [1.54, 1.807) is 4.90 Å². The van der Waals surface area contributed by atoms with Crippen LogP contribution < -0.4 is 5.73 Å². The average molecular weight is 242 g/mol. The van der Waals surface area contributed by atoms with Gasteiger partial charge in [0.2, 0.25) is 0 Å². The summed E-state index contributed by atoms with van der Waals surface area (Å²) in [6.07, 6.45) is 1.31. The van der Waals surface area contributed by atoms with Gasteiger partial charge in [-0.3, -0.25) is 4.79 Å². The third kappa shape index (κ3) is 2.76. The molecule has 3 N–H and O–H groups in total. The molecule has 0 spiro atoms. The van der Waals surface area contributed by atoms with Gasteiger partial charge >= 0.3 is 5.97 Å². The number of aliphatic carboxylic acids is 1. The highest BCUT2D eigenvalue weighted by molar-refractivity contribution is 5.82. The second kappa shape index (κ2) is 5.01. The van der Waals surface area contributed by atoms with Crippen LogP contribution in [0.25, 0.3) is 0 Å². The van der Waals surface area contributed by atoms with Crippen molar-refractivity contribution in [2.75, 3.05) is 13.1 Å². The van der Waals surface area contributed by atoms with Gasteiger partial charge in [-0.05, 0) is 25.7 Å². The summed E-state index contributed by atoms with van der Waals surface area (Å²) in [6.45, 7) is 1.25. The Morgan fingerprint density at radius 3 is 2.53 bits per heavy atom. The molecule has 2 rings (SSSR count). The summed E-state index contributed by atoms with van der Waals surface area (Å²) in [6, 6.07) is 0.0318. The van der Waals surface area contributed by atoms with Crippen molar-refractivity contribution >= 4 is 11.9 Å². The second-order valence-corrected chi connectivity index (χ2v) is 4.72. The molecule has 17 heavy (non-hydrogen) atoms. The number of amides is 1. The molecule has 0 saturated carbocycles. The highest BCUT2D eigenvalue weighted by Crippen LogP contribution is 2.22. The van der Waals surface area contributed by atoms with Crippen LogP contribution in [0.2, 0.25) is 0 Å². The van der Waals surface area contributed by atoms with Crippen molar-refractivity contribution in [2.24, 2.45) is 5.73 Å². The second-order valence-electron chi connectivity index (χ2n) is 4.72. The highest BCUT2D eigenvalue weighted by Gasteiger charge is 2.37.